The Morgan fingerprint density at radius 1 is 1.05 bits per heavy atom. The molecule has 1 amide bonds. The van der Waals surface area contributed by atoms with Crippen molar-refractivity contribution in [1.82, 2.24) is 4.90 Å². The molecule has 2 rings (SSSR count). The van der Waals surface area contributed by atoms with E-state index in [1.165, 1.54) is 7.05 Å². The highest BCUT2D eigenvalue weighted by Gasteiger charge is 2.39. The van der Waals surface area contributed by atoms with Crippen molar-refractivity contribution in [2.24, 2.45) is 0 Å². The van der Waals surface area contributed by atoms with E-state index in [2.05, 4.69) is 0 Å². The molecule has 0 radical (unpaired) electrons. The van der Waals surface area contributed by atoms with E-state index < -0.39 is 35.7 Å². The van der Waals surface area contributed by atoms with Crippen LogP contribution in [0.5, 0.6) is 0 Å². The first-order chi connectivity index (χ1) is 9.48. The Labute approximate surface area is 115 Å². The lowest BCUT2D eigenvalue weighted by atomic mass is 10.0. The molecule has 0 N–H and O–H groups in total. The zero-order chi connectivity index (χ0) is 16.0. The fourth-order valence-electron chi connectivity index (χ4n) is 1.91. The Balaban J connectivity index is 2.48. The van der Waals surface area contributed by atoms with Crippen LogP contribution in [0.1, 0.15) is 22.8 Å². The van der Waals surface area contributed by atoms with Crippen LogP contribution in [-0.2, 0) is 17.1 Å². The molecule has 1 saturated heterocycles. The SMILES string of the molecule is CN1CC(c2cc(C(F)(F)F)cc(C(F)(F)F)c2)OC1=O. The summed E-state index contributed by atoms with van der Waals surface area (Å²) >= 11 is 0. The maximum absolute atomic E-state index is 12.7. The van der Waals surface area contributed by atoms with Crippen molar-refractivity contribution < 1.29 is 35.9 Å². The number of cyclic esters (lactones) is 1. The molecular formula is C12H9F6NO2. The highest BCUT2D eigenvalue weighted by molar-refractivity contribution is 5.69. The zero-order valence-corrected chi connectivity index (χ0v) is 10.5. The Bertz CT molecular complexity index is 534. The van der Waals surface area contributed by atoms with Crippen molar-refractivity contribution in [2.45, 2.75) is 18.5 Å². The summed E-state index contributed by atoms with van der Waals surface area (Å²) in [5.74, 6) is 0. The summed E-state index contributed by atoms with van der Waals surface area (Å²) in [6, 6.07) is 1.16. The van der Waals surface area contributed by atoms with Gasteiger partial charge in [-0.15, -0.1) is 0 Å². The third-order valence-corrected chi connectivity index (χ3v) is 2.98. The average Bonchev–Trinajstić information content (AvgIpc) is 2.67. The number of halogens is 6. The van der Waals surface area contributed by atoms with E-state index in [1.54, 1.807) is 0 Å². The van der Waals surface area contributed by atoms with Crippen LogP contribution in [0.2, 0.25) is 0 Å². The molecule has 21 heavy (non-hydrogen) atoms. The second-order valence-electron chi connectivity index (χ2n) is 4.59. The quantitative estimate of drug-likeness (QED) is 0.737. The molecular weight excluding hydrogens is 304 g/mol. The van der Waals surface area contributed by atoms with Crippen molar-refractivity contribution in [1.29, 1.82) is 0 Å². The van der Waals surface area contributed by atoms with Crippen molar-refractivity contribution in [2.75, 3.05) is 13.6 Å². The first kappa shape index (κ1) is 15.5. The molecule has 0 aliphatic carbocycles. The molecule has 3 nitrogen and oxygen atoms in total. The minimum Gasteiger partial charge on any atom is -0.439 e. The summed E-state index contributed by atoms with van der Waals surface area (Å²) < 4.78 is 80.9. The van der Waals surface area contributed by atoms with Gasteiger partial charge in [0.1, 0.15) is 6.10 Å². The van der Waals surface area contributed by atoms with Gasteiger partial charge in [0, 0.05) is 7.05 Å². The third-order valence-electron chi connectivity index (χ3n) is 2.98. The van der Waals surface area contributed by atoms with E-state index in [0.29, 0.717) is 12.1 Å². The molecule has 1 aliphatic rings. The van der Waals surface area contributed by atoms with Gasteiger partial charge in [-0.05, 0) is 23.8 Å². The van der Waals surface area contributed by atoms with Gasteiger partial charge in [0.15, 0.2) is 0 Å². The van der Waals surface area contributed by atoms with Gasteiger partial charge in [0.05, 0.1) is 17.7 Å². The predicted octanol–water partition coefficient (Wildman–Crippen LogP) is 3.85. The number of benzene rings is 1. The van der Waals surface area contributed by atoms with Gasteiger partial charge >= 0.3 is 18.4 Å². The van der Waals surface area contributed by atoms with E-state index in [9.17, 15) is 31.1 Å². The van der Waals surface area contributed by atoms with Crippen LogP contribution in [0.4, 0.5) is 31.1 Å². The standard InChI is InChI=1S/C12H9F6NO2/c1-19-5-9(21-10(19)20)6-2-7(11(13,14)15)4-8(3-6)12(16,17)18/h2-4,9H,5H2,1H3. The minimum absolute atomic E-state index is 0.0317. The molecule has 1 aromatic carbocycles. The van der Waals surface area contributed by atoms with Crippen LogP contribution in [0.15, 0.2) is 18.2 Å². The largest absolute Gasteiger partial charge is 0.439 e. The first-order valence-electron chi connectivity index (χ1n) is 5.69. The van der Waals surface area contributed by atoms with Crippen molar-refractivity contribution in [3.05, 3.63) is 34.9 Å². The number of hydrogen-bond acceptors (Lipinski definition) is 2. The van der Waals surface area contributed by atoms with E-state index in [0.717, 1.165) is 4.90 Å². The predicted molar refractivity (Wildman–Crippen MR) is 58.3 cm³/mol. The fourth-order valence-corrected chi connectivity index (χ4v) is 1.91. The van der Waals surface area contributed by atoms with Gasteiger partial charge in [0.2, 0.25) is 0 Å². The number of ether oxygens (including phenoxy) is 1. The summed E-state index contributed by atoms with van der Waals surface area (Å²) in [6.07, 6.45) is -11.8. The number of carbonyl (C=O) groups excluding carboxylic acids is 1. The van der Waals surface area contributed by atoms with E-state index in [-0.39, 0.29) is 18.2 Å². The molecule has 1 atom stereocenters. The molecule has 9 heteroatoms. The van der Waals surface area contributed by atoms with Crippen LogP contribution < -0.4 is 0 Å². The van der Waals surface area contributed by atoms with Crippen molar-refractivity contribution in [3.63, 3.8) is 0 Å². The maximum Gasteiger partial charge on any atom is 0.416 e. The van der Waals surface area contributed by atoms with Crippen LogP contribution in [0.3, 0.4) is 0 Å². The number of likely N-dealkylation sites (N-methyl/N-ethyl adjacent to an activating group) is 1. The third kappa shape index (κ3) is 3.22. The second-order valence-corrected chi connectivity index (χ2v) is 4.59. The Hall–Kier alpha value is -1.93. The van der Waals surface area contributed by atoms with E-state index in [4.69, 9.17) is 4.74 Å². The highest BCUT2D eigenvalue weighted by atomic mass is 19.4. The second kappa shape index (κ2) is 4.81. The summed E-state index contributed by atoms with van der Waals surface area (Å²) in [6.45, 7) is -0.114. The number of nitrogens with zero attached hydrogens (tertiary/aromatic N) is 1. The number of amides is 1. The Morgan fingerprint density at radius 3 is 1.86 bits per heavy atom. The van der Waals surface area contributed by atoms with E-state index in [1.807, 2.05) is 0 Å². The van der Waals surface area contributed by atoms with Gasteiger partial charge in [0.25, 0.3) is 0 Å². The Morgan fingerprint density at radius 2 is 1.52 bits per heavy atom. The molecule has 1 heterocycles. The molecule has 1 fully saturated rings. The van der Waals surface area contributed by atoms with Crippen LogP contribution >= 0.6 is 0 Å². The van der Waals surface area contributed by atoms with Gasteiger partial charge in [-0.1, -0.05) is 0 Å². The van der Waals surface area contributed by atoms with Crippen LogP contribution in [0.25, 0.3) is 0 Å². The van der Waals surface area contributed by atoms with Gasteiger partial charge in [-0.2, -0.15) is 26.3 Å². The molecule has 0 spiro atoms. The number of alkyl halides is 6. The molecule has 116 valence electrons. The minimum atomic E-state index is -4.93. The summed E-state index contributed by atoms with van der Waals surface area (Å²) in [4.78, 5) is 12.2. The smallest absolute Gasteiger partial charge is 0.416 e. The lowest BCUT2D eigenvalue weighted by Crippen LogP contribution is -2.18. The molecule has 1 unspecified atom stereocenters. The molecule has 1 aromatic rings. The lowest BCUT2D eigenvalue weighted by Gasteiger charge is -2.16. The molecule has 0 saturated carbocycles. The fraction of sp³-hybridized carbons (Fsp3) is 0.417. The topological polar surface area (TPSA) is 29.5 Å². The normalized spacial score (nSPS) is 19.9. The lowest BCUT2D eigenvalue weighted by molar-refractivity contribution is -0.143. The van der Waals surface area contributed by atoms with Crippen molar-refractivity contribution >= 4 is 6.09 Å². The molecule has 0 aromatic heterocycles. The molecule has 0 bridgehead atoms. The summed E-state index contributed by atoms with van der Waals surface area (Å²) in [7, 11) is 1.33. The van der Waals surface area contributed by atoms with Gasteiger partial charge in [-0.3, -0.25) is 0 Å². The number of hydrogen-bond donors (Lipinski definition) is 0. The summed E-state index contributed by atoms with van der Waals surface area (Å²) in [5.41, 5.74) is -3.20. The average molecular weight is 313 g/mol. The van der Waals surface area contributed by atoms with Crippen molar-refractivity contribution in [3.8, 4) is 0 Å². The molecule has 1 aliphatic heterocycles. The van der Waals surface area contributed by atoms with Gasteiger partial charge < -0.3 is 9.64 Å². The van der Waals surface area contributed by atoms with Gasteiger partial charge in [-0.25, -0.2) is 4.79 Å². The monoisotopic (exact) mass is 313 g/mol. The highest BCUT2D eigenvalue weighted by Crippen LogP contribution is 2.38. The maximum atomic E-state index is 12.7. The number of rotatable bonds is 1. The van der Waals surface area contributed by atoms with Crippen LogP contribution in [0, 0.1) is 0 Å². The first-order valence-corrected chi connectivity index (χ1v) is 5.69. The Kier molecular flexibility index (Phi) is 3.54. The van der Waals surface area contributed by atoms with E-state index >= 15 is 0 Å². The van der Waals surface area contributed by atoms with Crippen LogP contribution in [-0.4, -0.2) is 24.6 Å². The number of carbonyl (C=O) groups is 1. The zero-order valence-electron chi connectivity index (χ0n) is 10.5. The summed E-state index contributed by atoms with van der Waals surface area (Å²) in [5, 5.41) is 0.